The van der Waals surface area contributed by atoms with Crippen LogP contribution in [0.15, 0.2) is 18.2 Å². The maximum Gasteiger partial charge on any atom is 0.142 e. The standard InChI is InChI=1S/C13H20ClNOS/c1-3-17-9-5-8-16-13-11(10-15-2)6-4-7-12(13)14/h4,6-7,15H,3,5,8-10H2,1-2H3. The second kappa shape index (κ2) is 8.67. The lowest BCUT2D eigenvalue weighted by Gasteiger charge is -2.12. The summed E-state index contributed by atoms with van der Waals surface area (Å²) in [4.78, 5) is 0. The van der Waals surface area contributed by atoms with Crippen molar-refractivity contribution in [2.75, 3.05) is 25.2 Å². The minimum Gasteiger partial charge on any atom is -0.492 e. The maximum atomic E-state index is 6.15. The summed E-state index contributed by atoms with van der Waals surface area (Å²) < 4.78 is 5.78. The minimum atomic E-state index is 0.695. The van der Waals surface area contributed by atoms with Crippen LogP contribution in [0.4, 0.5) is 0 Å². The van der Waals surface area contributed by atoms with Crippen LogP contribution in [-0.4, -0.2) is 25.2 Å². The van der Waals surface area contributed by atoms with Gasteiger partial charge in [-0.3, -0.25) is 0 Å². The highest BCUT2D eigenvalue weighted by molar-refractivity contribution is 7.99. The molecule has 1 rings (SSSR count). The molecule has 0 bridgehead atoms. The summed E-state index contributed by atoms with van der Waals surface area (Å²) in [6.45, 7) is 3.68. The highest BCUT2D eigenvalue weighted by atomic mass is 35.5. The molecule has 2 nitrogen and oxygen atoms in total. The van der Waals surface area contributed by atoms with Crippen molar-refractivity contribution in [2.24, 2.45) is 0 Å². The van der Waals surface area contributed by atoms with Gasteiger partial charge in [0.25, 0.3) is 0 Å². The summed E-state index contributed by atoms with van der Waals surface area (Å²) in [5, 5.41) is 3.81. The fourth-order valence-electron chi connectivity index (χ4n) is 1.52. The van der Waals surface area contributed by atoms with Crippen molar-refractivity contribution >= 4 is 23.4 Å². The monoisotopic (exact) mass is 273 g/mol. The predicted molar refractivity (Wildman–Crippen MR) is 77.3 cm³/mol. The quantitative estimate of drug-likeness (QED) is 0.732. The van der Waals surface area contributed by atoms with Gasteiger partial charge in [0, 0.05) is 12.1 Å². The van der Waals surface area contributed by atoms with Crippen molar-refractivity contribution in [1.82, 2.24) is 5.32 Å². The average Bonchev–Trinajstić information content (AvgIpc) is 2.32. The van der Waals surface area contributed by atoms with E-state index in [1.165, 1.54) is 0 Å². The van der Waals surface area contributed by atoms with E-state index in [1.54, 1.807) is 0 Å². The normalized spacial score (nSPS) is 10.5. The largest absolute Gasteiger partial charge is 0.492 e. The molecular weight excluding hydrogens is 254 g/mol. The molecular formula is C13H20ClNOS. The van der Waals surface area contributed by atoms with E-state index in [0.717, 1.165) is 42.4 Å². The predicted octanol–water partition coefficient (Wildman–Crippen LogP) is 3.58. The lowest BCUT2D eigenvalue weighted by atomic mass is 10.2. The van der Waals surface area contributed by atoms with Crippen molar-refractivity contribution < 1.29 is 4.74 Å². The topological polar surface area (TPSA) is 21.3 Å². The van der Waals surface area contributed by atoms with E-state index >= 15 is 0 Å². The van der Waals surface area contributed by atoms with Gasteiger partial charge in [-0.2, -0.15) is 11.8 Å². The first-order valence-corrected chi connectivity index (χ1v) is 7.45. The molecule has 0 spiro atoms. The van der Waals surface area contributed by atoms with Gasteiger partial charge in [0.1, 0.15) is 5.75 Å². The molecule has 0 fully saturated rings. The highest BCUT2D eigenvalue weighted by Crippen LogP contribution is 2.28. The fraction of sp³-hybridized carbons (Fsp3) is 0.538. The summed E-state index contributed by atoms with van der Waals surface area (Å²) >= 11 is 8.08. The fourth-order valence-corrected chi connectivity index (χ4v) is 2.38. The molecule has 0 heterocycles. The van der Waals surface area contributed by atoms with Crippen molar-refractivity contribution in [2.45, 2.75) is 19.9 Å². The summed E-state index contributed by atoms with van der Waals surface area (Å²) in [5.41, 5.74) is 1.11. The molecule has 0 amide bonds. The number of benzene rings is 1. The first-order valence-electron chi connectivity index (χ1n) is 5.92. The Balaban J connectivity index is 2.50. The lowest BCUT2D eigenvalue weighted by Crippen LogP contribution is -2.08. The third-order valence-electron chi connectivity index (χ3n) is 2.30. The zero-order valence-electron chi connectivity index (χ0n) is 10.5. The molecule has 1 N–H and O–H groups in total. The number of para-hydroxylation sites is 1. The van der Waals surface area contributed by atoms with Crippen LogP contribution in [0.1, 0.15) is 18.9 Å². The molecule has 0 saturated heterocycles. The smallest absolute Gasteiger partial charge is 0.142 e. The Morgan fingerprint density at radius 1 is 1.41 bits per heavy atom. The number of hydrogen-bond donors (Lipinski definition) is 1. The Morgan fingerprint density at radius 2 is 2.24 bits per heavy atom. The zero-order valence-corrected chi connectivity index (χ0v) is 12.0. The Labute approximate surface area is 113 Å². The summed E-state index contributed by atoms with van der Waals surface area (Å²) in [6.07, 6.45) is 1.06. The first kappa shape index (κ1) is 14.7. The number of halogens is 1. The second-order valence-corrected chi connectivity index (χ2v) is 5.46. The van der Waals surface area contributed by atoms with Gasteiger partial charge >= 0.3 is 0 Å². The first-order chi connectivity index (χ1) is 8.29. The molecule has 0 aliphatic carbocycles. The summed E-state index contributed by atoms with van der Waals surface area (Å²) in [5.74, 6) is 3.13. The van der Waals surface area contributed by atoms with E-state index in [2.05, 4.69) is 12.2 Å². The Morgan fingerprint density at radius 3 is 2.94 bits per heavy atom. The van der Waals surface area contributed by atoms with Crippen LogP contribution < -0.4 is 10.1 Å². The average molecular weight is 274 g/mol. The van der Waals surface area contributed by atoms with Crippen LogP contribution in [-0.2, 0) is 6.54 Å². The number of rotatable bonds is 8. The van der Waals surface area contributed by atoms with Crippen LogP contribution in [0, 0.1) is 0 Å². The molecule has 96 valence electrons. The molecule has 0 aliphatic rings. The molecule has 1 aromatic carbocycles. The number of thioether (sulfide) groups is 1. The third kappa shape index (κ3) is 5.19. The van der Waals surface area contributed by atoms with Crippen molar-refractivity contribution in [3.8, 4) is 5.75 Å². The van der Waals surface area contributed by atoms with Gasteiger partial charge in [0.2, 0.25) is 0 Å². The SMILES string of the molecule is CCSCCCOc1c(Cl)cccc1CNC. The van der Waals surface area contributed by atoms with E-state index in [-0.39, 0.29) is 0 Å². The second-order valence-electron chi connectivity index (χ2n) is 3.66. The van der Waals surface area contributed by atoms with Crippen LogP contribution >= 0.6 is 23.4 Å². The van der Waals surface area contributed by atoms with Crippen molar-refractivity contribution in [1.29, 1.82) is 0 Å². The van der Waals surface area contributed by atoms with E-state index in [1.807, 2.05) is 37.0 Å². The Hall–Kier alpha value is -0.380. The van der Waals surface area contributed by atoms with Crippen LogP contribution in [0.3, 0.4) is 0 Å². The Bertz CT molecular complexity index is 333. The third-order valence-corrected chi connectivity index (χ3v) is 3.58. The van der Waals surface area contributed by atoms with Gasteiger partial charge in [-0.05, 0) is 31.0 Å². The van der Waals surface area contributed by atoms with E-state index in [4.69, 9.17) is 16.3 Å². The summed E-state index contributed by atoms with van der Waals surface area (Å²) in [6, 6.07) is 5.87. The molecule has 0 unspecified atom stereocenters. The Kier molecular flexibility index (Phi) is 7.49. The molecule has 0 aliphatic heterocycles. The van der Waals surface area contributed by atoms with Gasteiger partial charge in [-0.15, -0.1) is 0 Å². The molecule has 0 saturated carbocycles. The number of ether oxygens (including phenoxy) is 1. The zero-order chi connectivity index (χ0) is 12.5. The van der Waals surface area contributed by atoms with Gasteiger partial charge in [-0.25, -0.2) is 0 Å². The van der Waals surface area contributed by atoms with Crippen LogP contribution in [0.5, 0.6) is 5.75 Å². The molecule has 4 heteroatoms. The van der Waals surface area contributed by atoms with E-state index in [0.29, 0.717) is 5.02 Å². The molecule has 17 heavy (non-hydrogen) atoms. The van der Waals surface area contributed by atoms with Crippen molar-refractivity contribution in [3.63, 3.8) is 0 Å². The van der Waals surface area contributed by atoms with E-state index < -0.39 is 0 Å². The van der Waals surface area contributed by atoms with Gasteiger partial charge in [0.05, 0.1) is 11.6 Å². The van der Waals surface area contributed by atoms with Crippen LogP contribution in [0.25, 0.3) is 0 Å². The highest BCUT2D eigenvalue weighted by Gasteiger charge is 2.07. The molecule has 0 radical (unpaired) electrons. The minimum absolute atomic E-state index is 0.695. The molecule has 0 atom stereocenters. The van der Waals surface area contributed by atoms with Gasteiger partial charge < -0.3 is 10.1 Å². The lowest BCUT2D eigenvalue weighted by molar-refractivity contribution is 0.315. The van der Waals surface area contributed by atoms with Gasteiger partial charge in [-0.1, -0.05) is 30.7 Å². The van der Waals surface area contributed by atoms with Crippen molar-refractivity contribution in [3.05, 3.63) is 28.8 Å². The maximum absolute atomic E-state index is 6.15. The van der Waals surface area contributed by atoms with E-state index in [9.17, 15) is 0 Å². The van der Waals surface area contributed by atoms with Gasteiger partial charge in [0.15, 0.2) is 0 Å². The number of nitrogens with one attached hydrogen (secondary N) is 1. The number of hydrogen-bond acceptors (Lipinski definition) is 3. The molecule has 1 aromatic rings. The summed E-state index contributed by atoms with van der Waals surface area (Å²) in [7, 11) is 1.92. The van der Waals surface area contributed by atoms with Crippen LogP contribution in [0.2, 0.25) is 5.02 Å². The molecule has 0 aromatic heterocycles.